The van der Waals surface area contributed by atoms with Crippen molar-refractivity contribution in [3.05, 3.63) is 58.1 Å². The molecule has 0 spiro atoms. The number of likely N-dealkylation sites (tertiary alicyclic amines) is 1. The van der Waals surface area contributed by atoms with Gasteiger partial charge in [-0.3, -0.25) is 4.79 Å². The summed E-state index contributed by atoms with van der Waals surface area (Å²) in [6, 6.07) is 9.54. The lowest BCUT2D eigenvalue weighted by Crippen LogP contribution is -2.37. The number of rotatable bonds is 9. The minimum Gasteiger partial charge on any atom is -0.493 e. The van der Waals surface area contributed by atoms with Crippen molar-refractivity contribution in [2.45, 2.75) is 52.0 Å². The predicted molar refractivity (Wildman–Crippen MR) is 125 cm³/mol. The third-order valence-electron chi connectivity index (χ3n) is 7.14. The van der Waals surface area contributed by atoms with E-state index in [4.69, 9.17) is 9.26 Å². The van der Waals surface area contributed by atoms with Gasteiger partial charge < -0.3 is 18.7 Å². The first-order valence-corrected chi connectivity index (χ1v) is 12.1. The van der Waals surface area contributed by atoms with Crippen LogP contribution in [0.1, 0.15) is 43.4 Å². The van der Waals surface area contributed by atoms with Crippen LogP contribution in [-0.4, -0.2) is 40.9 Å². The van der Waals surface area contributed by atoms with E-state index in [0.717, 1.165) is 85.4 Å². The molecule has 0 unspecified atom stereocenters. The monoisotopic (exact) mass is 435 g/mol. The van der Waals surface area contributed by atoms with Crippen LogP contribution < -0.4 is 10.3 Å². The maximum absolute atomic E-state index is 11.9. The molecule has 2 aromatic heterocycles. The van der Waals surface area contributed by atoms with Gasteiger partial charge in [-0.1, -0.05) is 11.2 Å². The fourth-order valence-electron chi connectivity index (χ4n) is 4.73. The summed E-state index contributed by atoms with van der Waals surface area (Å²) in [5.41, 5.74) is 3.09. The molecule has 6 nitrogen and oxygen atoms in total. The van der Waals surface area contributed by atoms with Gasteiger partial charge in [0.25, 0.3) is 5.56 Å². The minimum atomic E-state index is 0.0825. The number of pyridine rings is 1. The fraction of sp³-hybridized carbons (Fsp3) is 0.538. The molecule has 0 atom stereocenters. The second-order valence-corrected chi connectivity index (χ2v) is 9.50. The second-order valence-electron chi connectivity index (χ2n) is 9.50. The van der Waals surface area contributed by atoms with Crippen LogP contribution >= 0.6 is 0 Å². The van der Waals surface area contributed by atoms with Crippen molar-refractivity contribution in [1.29, 1.82) is 0 Å². The number of fused-ring (bicyclic) bond motifs is 1. The Bertz CT molecular complexity index is 1110. The standard InChI is InChI=1S/C26H33N3O3/c1-19-24(31-18-21-5-6-21)10-8-22-23(27-32-26(19)22)9-7-20-11-14-28(15-12-20)16-17-29-13-3-2-4-25(29)30/h2-4,8,10,13,20-21H,5-7,9,11-12,14-18H2,1H3. The smallest absolute Gasteiger partial charge is 0.250 e. The summed E-state index contributed by atoms with van der Waals surface area (Å²) in [5.74, 6) is 2.39. The van der Waals surface area contributed by atoms with Gasteiger partial charge in [0, 0.05) is 36.3 Å². The van der Waals surface area contributed by atoms with E-state index in [2.05, 4.69) is 29.1 Å². The SMILES string of the molecule is Cc1c(OCC2CC2)ccc2c(CCC3CCN(CCn4ccccc4=O)CC3)noc12. The van der Waals surface area contributed by atoms with E-state index >= 15 is 0 Å². The van der Waals surface area contributed by atoms with Crippen LogP contribution in [0.3, 0.4) is 0 Å². The average molecular weight is 436 g/mol. The number of hydrogen-bond acceptors (Lipinski definition) is 5. The molecule has 1 saturated heterocycles. The highest BCUT2D eigenvalue weighted by Crippen LogP contribution is 2.34. The van der Waals surface area contributed by atoms with Crippen molar-refractivity contribution in [3.63, 3.8) is 0 Å². The molecule has 170 valence electrons. The van der Waals surface area contributed by atoms with E-state index < -0.39 is 0 Å². The van der Waals surface area contributed by atoms with E-state index in [0.29, 0.717) is 0 Å². The van der Waals surface area contributed by atoms with Gasteiger partial charge in [-0.15, -0.1) is 0 Å². The number of nitrogens with zero attached hydrogens (tertiary/aromatic N) is 3. The zero-order valence-electron chi connectivity index (χ0n) is 19.0. The molecule has 1 aromatic carbocycles. The van der Waals surface area contributed by atoms with Gasteiger partial charge in [0.15, 0.2) is 5.58 Å². The summed E-state index contributed by atoms with van der Waals surface area (Å²) in [7, 11) is 0. The number of aryl methyl sites for hydroxylation is 2. The zero-order valence-corrected chi connectivity index (χ0v) is 19.0. The van der Waals surface area contributed by atoms with Crippen molar-refractivity contribution in [3.8, 4) is 5.75 Å². The number of hydrogen-bond donors (Lipinski definition) is 0. The van der Waals surface area contributed by atoms with E-state index in [9.17, 15) is 4.79 Å². The van der Waals surface area contributed by atoms with Crippen LogP contribution in [0.5, 0.6) is 5.75 Å². The summed E-state index contributed by atoms with van der Waals surface area (Å²) in [4.78, 5) is 14.3. The molecule has 2 fully saturated rings. The number of benzene rings is 1. The third-order valence-corrected chi connectivity index (χ3v) is 7.14. The van der Waals surface area contributed by atoms with E-state index in [1.807, 2.05) is 12.3 Å². The van der Waals surface area contributed by atoms with Crippen molar-refractivity contribution in [2.24, 2.45) is 11.8 Å². The zero-order chi connectivity index (χ0) is 21.9. The van der Waals surface area contributed by atoms with Gasteiger partial charge in [0.05, 0.1) is 12.3 Å². The van der Waals surface area contributed by atoms with Gasteiger partial charge in [-0.25, -0.2) is 0 Å². The number of piperidine rings is 1. The van der Waals surface area contributed by atoms with E-state index in [1.165, 1.54) is 25.7 Å². The Morgan fingerprint density at radius 3 is 2.69 bits per heavy atom. The molecule has 32 heavy (non-hydrogen) atoms. The maximum Gasteiger partial charge on any atom is 0.250 e. The second kappa shape index (κ2) is 9.49. The molecule has 0 radical (unpaired) electrons. The van der Waals surface area contributed by atoms with Crippen LogP contribution in [0.25, 0.3) is 11.0 Å². The predicted octanol–water partition coefficient (Wildman–Crippen LogP) is 4.43. The molecule has 1 aliphatic carbocycles. The molecule has 1 saturated carbocycles. The molecule has 1 aliphatic heterocycles. The molecule has 5 rings (SSSR count). The molecule has 3 aromatic rings. The van der Waals surface area contributed by atoms with Crippen LogP contribution in [0.2, 0.25) is 0 Å². The largest absolute Gasteiger partial charge is 0.493 e. The molecular formula is C26H33N3O3. The Kier molecular flexibility index (Phi) is 6.30. The number of aromatic nitrogens is 2. The Morgan fingerprint density at radius 2 is 1.91 bits per heavy atom. The quantitative estimate of drug-likeness (QED) is 0.498. The highest BCUT2D eigenvalue weighted by Gasteiger charge is 2.23. The van der Waals surface area contributed by atoms with Crippen LogP contribution in [-0.2, 0) is 13.0 Å². The van der Waals surface area contributed by atoms with Crippen molar-refractivity contribution < 1.29 is 9.26 Å². The summed E-state index contributed by atoms with van der Waals surface area (Å²) in [6.07, 6.45) is 8.97. The normalized spacial score (nSPS) is 17.8. The van der Waals surface area contributed by atoms with Crippen molar-refractivity contribution in [2.75, 3.05) is 26.2 Å². The Labute approximate surface area is 189 Å². The molecule has 0 N–H and O–H groups in total. The number of ether oxygens (including phenoxy) is 1. The van der Waals surface area contributed by atoms with Crippen molar-refractivity contribution in [1.82, 2.24) is 14.6 Å². The molecule has 3 heterocycles. The fourth-order valence-corrected chi connectivity index (χ4v) is 4.73. The molecular weight excluding hydrogens is 402 g/mol. The first-order chi connectivity index (χ1) is 15.7. The summed E-state index contributed by atoms with van der Waals surface area (Å²) < 4.78 is 13.5. The highest BCUT2D eigenvalue weighted by atomic mass is 16.5. The first-order valence-electron chi connectivity index (χ1n) is 12.1. The summed E-state index contributed by atoms with van der Waals surface area (Å²) in [5, 5.41) is 5.53. The van der Waals surface area contributed by atoms with Gasteiger partial charge in [-0.2, -0.15) is 0 Å². The van der Waals surface area contributed by atoms with E-state index in [-0.39, 0.29) is 5.56 Å². The van der Waals surface area contributed by atoms with Gasteiger partial charge in [-0.05, 0) is 88.6 Å². The lowest BCUT2D eigenvalue weighted by molar-refractivity contribution is 0.173. The Balaban J connectivity index is 1.11. The highest BCUT2D eigenvalue weighted by molar-refractivity contribution is 5.84. The van der Waals surface area contributed by atoms with Crippen LogP contribution in [0.4, 0.5) is 0 Å². The van der Waals surface area contributed by atoms with Gasteiger partial charge >= 0.3 is 0 Å². The van der Waals surface area contributed by atoms with Crippen molar-refractivity contribution >= 4 is 11.0 Å². The van der Waals surface area contributed by atoms with Gasteiger partial charge in [0.1, 0.15) is 5.75 Å². The first kappa shape index (κ1) is 21.3. The molecule has 0 amide bonds. The topological polar surface area (TPSA) is 60.5 Å². The maximum atomic E-state index is 11.9. The van der Waals surface area contributed by atoms with Gasteiger partial charge in [0.2, 0.25) is 0 Å². The molecule has 2 aliphatic rings. The van der Waals surface area contributed by atoms with Crippen LogP contribution in [0.15, 0.2) is 45.8 Å². The minimum absolute atomic E-state index is 0.0825. The lowest BCUT2D eigenvalue weighted by Gasteiger charge is -2.32. The summed E-state index contributed by atoms with van der Waals surface area (Å²) in [6.45, 7) is 6.79. The Morgan fingerprint density at radius 1 is 1.06 bits per heavy atom. The lowest BCUT2D eigenvalue weighted by atomic mass is 9.91. The average Bonchev–Trinajstić information content (AvgIpc) is 3.55. The van der Waals surface area contributed by atoms with E-state index in [1.54, 1.807) is 16.7 Å². The molecule has 6 heteroatoms. The molecule has 0 bridgehead atoms. The summed E-state index contributed by atoms with van der Waals surface area (Å²) >= 11 is 0. The Hall–Kier alpha value is -2.60. The third kappa shape index (κ3) is 4.90. The van der Waals surface area contributed by atoms with Crippen LogP contribution in [0, 0.1) is 18.8 Å².